The van der Waals surface area contributed by atoms with Gasteiger partial charge in [-0.25, -0.2) is 0 Å². The first-order valence-electron chi connectivity index (χ1n) is 7.12. The van der Waals surface area contributed by atoms with E-state index >= 15 is 0 Å². The maximum Gasteiger partial charge on any atom is 0.307 e. The van der Waals surface area contributed by atoms with Crippen molar-refractivity contribution in [3.63, 3.8) is 0 Å². The van der Waals surface area contributed by atoms with Crippen LogP contribution in [0.5, 0.6) is 0 Å². The van der Waals surface area contributed by atoms with Gasteiger partial charge in [0.1, 0.15) is 0 Å². The fraction of sp³-hybridized carbons (Fsp3) is 0.857. The molecular weight excluding hydrogens is 230 g/mol. The molecule has 4 heteroatoms. The van der Waals surface area contributed by atoms with Crippen molar-refractivity contribution in [1.82, 2.24) is 5.32 Å². The molecular formula is C14H23NO3. The summed E-state index contributed by atoms with van der Waals surface area (Å²) in [5, 5.41) is 12.0. The van der Waals surface area contributed by atoms with Crippen molar-refractivity contribution in [3.8, 4) is 0 Å². The third kappa shape index (κ3) is 2.85. The van der Waals surface area contributed by atoms with Gasteiger partial charge in [-0.05, 0) is 38.5 Å². The second kappa shape index (κ2) is 5.72. The van der Waals surface area contributed by atoms with Gasteiger partial charge in [0.2, 0.25) is 5.91 Å². The van der Waals surface area contributed by atoms with Crippen molar-refractivity contribution < 1.29 is 14.7 Å². The second-order valence-electron chi connectivity index (χ2n) is 5.82. The Morgan fingerprint density at radius 3 is 2.17 bits per heavy atom. The second-order valence-corrected chi connectivity index (χ2v) is 5.82. The number of nitrogens with one attached hydrogen (secondary N) is 1. The van der Waals surface area contributed by atoms with Gasteiger partial charge in [-0.1, -0.05) is 19.3 Å². The maximum atomic E-state index is 12.0. The molecule has 4 nitrogen and oxygen atoms in total. The summed E-state index contributed by atoms with van der Waals surface area (Å²) in [6, 6.07) is 0.188. The summed E-state index contributed by atoms with van der Waals surface area (Å²) in [5.41, 5.74) is 0. The predicted molar refractivity (Wildman–Crippen MR) is 68.0 cm³/mol. The summed E-state index contributed by atoms with van der Waals surface area (Å²) in [5.74, 6) is -1.05. The van der Waals surface area contributed by atoms with Crippen molar-refractivity contribution in [1.29, 1.82) is 0 Å². The monoisotopic (exact) mass is 253 g/mol. The highest BCUT2D eigenvalue weighted by atomic mass is 16.4. The highest BCUT2D eigenvalue weighted by Crippen LogP contribution is 2.35. The van der Waals surface area contributed by atoms with Gasteiger partial charge in [-0.15, -0.1) is 0 Å². The molecule has 2 rings (SSSR count). The molecule has 0 bridgehead atoms. The lowest BCUT2D eigenvalue weighted by Crippen LogP contribution is -2.48. The first-order chi connectivity index (χ1) is 8.59. The summed E-state index contributed by atoms with van der Waals surface area (Å²) in [6.45, 7) is 2.06. The summed E-state index contributed by atoms with van der Waals surface area (Å²) < 4.78 is 0. The predicted octanol–water partition coefficient (Wildman–Crippen LogP) is 2.18. The van der Waals surface area contributed by atoms with Crippen LogP contribution in [0.4, 0.5) is 0 Å². The number of carboxylic acid groups (broad SMARTS) is 1. The lowest BCUT2D eigenvalue weighted by atomic mass is 9.73. The lowest BCUT2D eigenvalue weighted by molar-refractivity contribution is -0.153. The molecule has 1 amide bonds. The van der Waals surface area contributed by atoms with E-state index in [0.29, 0.717) is 12.3 Å². The van der Waals surface area contributed by atoms with Crippen LogP contribution < -0.4 is 5.32 Å². The van der Waals surface area contributed by atoms with Crippen molar-refractivity contribution in [2.24, 2.45) is 17.8 Å². The number of amides is 1. The molecule has 2 saturated carbocycles. The molecule has 3 atom stereocenters. The molecule has 102 valence electrons. The van der Waals surface area contributed by atoms with Crippen LogP contribution in [-0.4, -0.2) is 23.0 Å². The Kier molecular flexibility index (Phi) is 4.25. The SMILES string of the molecule is CC(NC(=O)C1CCC1C(=O)O)C1CCCCC1. The van der Waals surface area contributed by atoms with E-state index in [1.54, 1.807) is 0 Å². The molecule has 0 spiro atoms. The summed E-state index contributed by atoms with van der Waals surface area (Å²) in [7, 11) is 0. The van der Waals surface area contributed by atoms with Gasteiger partial charge >= 0.3 is 5.97 Å². The Balaban J connectivity index is 1.81. The van der Waals surface area contributed by atoms with Crippen LogP contribution in [-0.2, 0) is 9.59 Å². The first kappa shape index (κ1) is 13.4. The minimum absolute atomic E-state index is 0.0493. The van der Waals surface area contributed by atoms with E-state index < -0.39 is 11.9 Å². The molecule has 0 aromatic heterocycles. The Labute approximate surface area is 108 Å². The van der Waals surface area contributed by atoms with Crippen LogP contribution in [0.2, 0.25) is 0 Å². The molecule has 18 heavy (non-hydrogen) atoms. The summed E-state index contributed by atoms with van der Waals surface area (Å²) >= 11 is 0. The highest BCUT2D eigenvalue weighted by molar-refractivity contribution is 5.86. The quantitative estimate of drug-likeness (QED) is 0.807. The minimum Gasteiger partial charge on any atom is -0.481 e. The summed E-state index contributed by atoms with van der Waals surface area (Å²) in [6.07, 6.45) is 7.56. The van der Waals surface area contributed by atoms with Crippen LogP contribution in [0, 0.1) is 17.8 Å². The molecule has 0 aromatic rings. The highest BCUT2D eigenvalue weighted by Gasteiger charge is 2.41. The van der Waals surface area contributed by atoms with E-state index in [-0.39, 0.29) is 17.9 Å². The van der Waals surface area contributed by atoms with Crippen molar-refractivity contribution in [2.75, 3.05) is 0 Å². The van der Waals surface area contributed by atoms with Gasteiger partial charge in [0.05, 0.1) is 11.8 Å². The van der Waals surface area contributed by atoms with Gasteiger partial charge in [-0.2, -0.15) is 0 Å². The third-order valence-electron chi connectivity index (χ3n) is 4.66. The minimum atomic E-state index is -0.827. The Hall–Kier alpha value is -1.06. The van der Waals surface area contributed by atoms with E-state index in [1.807, 2.05) is 0 Å². The van der Waals surface area contributed by atoms with E-state index in [9.17, 15) is 9.59 Å². The Bertz CT molecular complexity index is 323. The fourth-order valence-corrected chi connectivity index (χ4v) is 3.19. The van der Waals surface area contributed by atoms with Gasteiger partial charge < -0.3 is 10.4 Å². The topological polar surface area (TPSA) is 66.4 Å². The standard InChI is InChI=1S/C14H23NO3/c1-9(10-5-3-2-4-6-10)15-13(16)11-7-8-12(11)14(17)18/h9-12H,2-8H2,1H3,(H,15,16)(H,17,18). The van der Waals surface area contributed by atoms with Crippen LogP contribution in [0.3, 0.4) is 0 Å². The average molecular weight is 253 g/mol. The molecule has 0 heterocycles. The number of aliphatic carboxylic acids is 1. The zero-order valence-corrected chi connectivity index (χ0v) is 11.0. The van der Waals surface area contributed by atoms with Crippen LogP contribution in [0.15, 0.2) is 0 Å². The van der Waals surface area contributed by atoms with Crippen molar-refractivity contribution >= 4 is 11.9 Å². The number of carbonyl (C=O) groups is 2. The normalized spacial score (nSPS) is 30.3. The van der Waals surface area contributed by atoms with E-state index in [1.165, 1.54) is 32.1 Å². The average Bonchev–Trinajstić information content (AvgIpc) is 2.27. The molecule has 2 N–H and O–H groups in total. The van der Waals surface area contributed by atoms with Crippen molar-refractivity contribution in [3.05, 3.63) is 0 Å². The number of rotatable bonds is 4. The number of hydrogen-bond donors (Lipinski definition) is 2. The fourth-order valence-electron chi connectivity index (χ4n) is 3.19. The zero-order chi connectivity index (χ0) is 13.1. The van der Waals surface area contributed by atoms with Gasteiger partial charge in [0.25, 0.3) is 0 Å². The number of hydrogen-bond acceptors (Lipinski definition) is 2. The zero-order valence-electron chi connectivity index (χ0n) is 11.0. The summed E-state index contributed by atoms with van der Waals surface area (Å²) in [4.78, 5) is 22.9. The Morgan fingerprint density at radius 1 is 1.06 bits per heavy atom. The maximum absolute atomic E-state index is 12.0. The van der Waals surface area contributed by atoms with E-state index in [2.05, 4.69) is 12.2 Å². The molecule has 3 unspecified atom stereocenters. The molecule has 2 aliphatic carbocycles. The largest absolute Gasteiger partial charge is 0.481 e. The molecule has 0 radical (unpaired) electrons. The van der Waals surface area contributed by atoms with Crippen molar-refractivity contribution in [2.45, 2.75) is 57.9 Å². The lowest BCUT2D eigenvalue weighted by Gasteiger charge is -2.35. The third-order valence-corrected chi connectivity index (χ3v) is 4.66. The van der Waals surface area contributed by atoms with Crippen LogP contribution in [0.25, 0.3) is 0 Å². The van der Waals surface area contributed by atoms with E-state index in [4.69, 9.17) is 5.11 Å². The molecule has 0 aromatic carbocycles. The molecule has 0 saturated heterocycles. The Morgan fingerprint density at radius 2 is 1.67 bits per heavy atom. The smallest absolute Gasteiger partial charge is 0.307 e. The molecule has 0 aliphatic heterocycles. The van der Waals surface area contributed by atoms with E-state index in [0.717, 1.165) is 6.42 Å². The van der Waals surface area contributed by atoms with Gasteiger partial charge in [0.15, 0.2) is 0 Å². The molecule has 2 fully saturated rings. The van der Waals surface area contributed by atoms with Crippen LogP contribution in [0.1, 0.15) is 51.9 Å². The van der Waals surface area contributed by atoms with Crippen LogP contribution >= 0.6 is 0 Å². The number of carbonyl (C=O) groups excluding carboxylic acids is 1. The van der Waals surface area contributed by atoms with Gasteiger partial charge in [-0.3, -0.25) is 9.59 Å². The molecule has 2 aliphatic rings. The van der Waals surface area contributed by atoms with Gasteiger partial charge in [0, 0.05) is 6.04 Å². The first-order valence-corrected chi connectivity index (χ1v) is 7.12. The number of carboxylic acids is 1.